The predicted molar refractivity (Wildman–Crippen MR) is 139 cm³/mol. The molecule has 6 nitrogen and oxygen atoms in total. The number of nitrogens with zero attached hydrogens (tertiary/aromatic N) is 4. The number of ether oxygens (including phenoxy) is 1. The number of alkyl halides is 3. The molecule has 2 aliphatic rings. The highest BCUT2D eigenvalue weighted by atomic mass is 35.5. The molecule has 0 spiro atoms. The summed E-state index contributed by atoms with van der Waals surface area (Å²) in [6.07, 6.45) is 3.92. The van der Waals surface area contributed by atoms with E-state index in [1.807, 2.05) is 12.1 Å². The molecular formula is C25H29ClF3N5OS. The molecule has 4 rings (SSSR count). The van der Waals surface area contributed by atoms with Crippen LogP contribution in [0.3, 0.4) is 0 Å². The van der Waals surface area contributed by atoms with Crippen molar-refractivity contribution < 1.29 is 17.9 Å². The van der Waals surface area contributed by atoms with E-state index in [2.05, 4.69) is 14.8 Å². The molecule has 1 saturated carbocycles. The highest BCUT2D eigenvalue weighted by molar-refractivity contribution is 7.80. The van der Waals surface area contributed by atoms with Crippen molar-refractivity contribution in [3.8, 4) is 6.07 Å². The summed E-state index contributed by atoms with van der Waals surface area (Å²) in [5.41, 5.74) is 3.76. The minimum Gasteiger partial charge on any atom is -0.399 e. The summed E-state index contributed by atoms with van der Waals surface area (Å²) in [6.45, 7) is 4.31. The average Bonchev–Trinajstić information content (AvgIpc) is 2.88. The van der Waals surface area contributed by atoms with E-state index in [0.29, 0.717) is 17.7 Å². The molecule has 194 valence electrons. The van der Waals surface area contributed by atoms with Crippen molar-refractivity contribution in [2.75, 3.05) is 43.4 Å². The van der Waals surface area contributed by atoms with Gasteiger partial charge in [0, 0.05) is 38.1 Å². The SMILES string of the molecule is N#Cc1ccc(N)cc1C(F)(F)F.S=C(COC1CCCCC1)N1CCN(c2ccc(Cl)cn2)CC1. The first-order valence-electron chi connectivity index (χ1n) is 11.8. The van der Waals surface area contributed by atoms with Crippen LogP contribution in [0.2, 0.25) is 5.02 Å². The van der Waals surface area contributed by atoms with Crippen LogP contribution in [0.5, 0.6) is 0 Å². The van der Waals surface area contributed by atoms with E-state index < -0.39 is 17.3 Å². The fourth-order valence-electron chi connectivity index (χ4n) is 4.15. The zero-order valence-corrected chi connectivity index (χ0v) is 21.4. The van der Waals surface area contributed by atoms with E-state index >= 15 is 0 Å². The van der Waals surface area contributed by atoms with Crippen LogP contribution in [0.4, 0.5) is 24.7 Å². The molecule has 1 aliphatic carbocycles. The first-order valence-corrected chi connectivity index (χ1v) is 12.6. The van der Waals surface area contributed by atoms with Crippen molar-refractivity contribution >= 4 is 40.3 Å². The lowest BCUT2D eigenvalue weighted by Gasteiger charge is -2.37. The van der Waals surface area contributed by atoms with Gasteiger partial charge in [0.05, 0.1) is 34.9 Å². The van der Waals surface area contributed by atoms with Gasteiger partial charge in [0.1, 0.15) is 10.8 Å². The molecule has 0 radical (unpaired) electrons. The lowest BCUT2D eigenvalue weighted by Crippen LogP contribution is -2.49. The Kier molecular flexibility index (Phi) is 10.2. The molecule has 1 aromatic carbocycles. The van der Waals surface area contributed by atoms with Crippen LogP contribution in [-0.4, -0.2) is 53.8 Å². The largest absolute Gasteiger partial charge is 0.417 e. The van der Waals surface area contributed by atoms with E-state index in [4.69, 9.17) is 39.6 Å². The maximum atomic E-state index is 12.2. The summed E-state index contributed by atoms with van der Waals surface area (Å²) in [5, 5.41) is 9.06. The third kappa shape index (κ3) is 8.22. The number of nitrogen functional groups attached to an aromatic ring is 1. The number of thiocarbonyl (C=S) groups is 1. The molecule has 1 aliphatic heterocycles. The summed E-state index contributed by atoms with van der Waals surface area (Å²) in [6, 6.07) is 8.38. The Labute approximate surface area is 219 Å². The summed E-state index contributed by atoms with van der Waals surface area (Å²) in [5.74, 6) is 0.985. The summed E-state index contributed by atoms with van der Waals surface area (Å²) < 4.78 is 42.6. The number of benzene rings is 1. The number of rotatable bonds is 4. The molecule has 1 saturated heterocycles. The molecule has 0 bridgehead atoms. The molecule has 2 N–H and O–H groups in total. The van der Waals surface area contributed by atoms with Crippen molar-refractivity contribution in [3.63, 3.8) is 0 Å². The van der Waals surface area contributed by atoms with Crippen LogP contribution < -0.4 is 10.6 Å². The van der Waals surface area contributed by atoms with Crippen LogP contribution in [0.1, 0.15) is 43.2 Å². The number of nitrogens with two attached hydrogens (primary N) is 1. The Bertz CT molecular complexity index is 1050. The lowest BCUT2D eigenvalue weighted by atomic mass is 9.98. The van der Waals surface area contributed by atoms with Crippen molar-refractivity contribution in [2.24, 2.45) is 0 Å². The maximum absolute atomic E-state index is 12.2. The summed E-state index contributed by atoms with van der Waals surface area (Å²) >= 11 is 11.5. The van der Waals surface area contributed by atoms with Crippen LogP contribution >= 0.6 is 23.8 Å². The topological polar surface area (TPSA) is 78.4 Å². The lowest BCUT2D eigenvalue weighted by molar-refractivity contribution is -0.137. The molecule has 2 aromatic rings. The minimum atomic E-state index is -4.53. The minimum absolute atomic E-state index is 0.00803. The smallest absolute Gasteiger partial charge is 0.399 e. The molecule has 11 heteroatoms. The van der Waals surface area contributed by atoms with Gasteiger partial charge in [-0.05, 0) is 43.2 Å². The quantitative estimate of drug-likeness (QED) is 0.395. The van der Waals surface area contributed by atoms with Gasteiger partial charge in [-0.1, -0.05) is 43.1 Å². The number of hydrogen-bond acceptors (Lipinski definition) is 6. The molecule has 2 fully saturated rings. The van der Waals surface area contributed by atoms with Gasteiger partial charge in [-0.3, -0.25) is 0 Å². The van der Waals surface area contributed by atoms with Gasteiger partial charge in [-0.15, -0.1) is 0 Å². The van der Waals surface area contributed by atoms with E-state index in [1.54, 1.807) is 6.20 Å². The van der Waals surface area contributed by atoms with Gasteiger partial charge in [-0.25, -0.2) is 4.98 Å². The molecule has 0 amide bonds. The Morgan fingerprint density at radius 1 is 1.14 bits per heavy atom. The Morgan fingerprint density at radius 2 is 1.83 bits per heavy atom. The molecule has 36 heavy (non-hydrogen) atoms. The zero-order valence-electron chi connectivity index (χ0n) is 19.8. The Morgan fingerprint density at radius 3 is 2.42 bits per heavy atom. The second kappa shape index (κ2) is 13.1. The highest BCUT2D eigenvalue weighted by Crippen LogP contribution is 2.32. The fourth-order valence-corrected chi connectivity index (χ4v) is 4.51. The van der Waals surface area contributed by atoms with Gasteiger partial charge >= 0.3 is 6.18 Å². The standard InChI is InChI=1S/C17H24ClN3OS.C8H5F3N2/c18-14-6-7-16(19-12-14)20-8-10-21(11-9-20)17(23)13-22-15-4-2-1-3-5-15;9-8(10,11)7-3-6(13)2-1-5(7)4-12/h6-7,12,15H,1-5,8-11,13H2;1-3H,13H2. The molecule has 2 heterocycles. The number of anilines is 2. The predicted octanol–water partition coefficient (Wildman–Crippen LogP) is 5.69. The van der Waals surface area contributed by atoms with Crippen molar-refractivity contribution in [3.05, 3.63) is 52.7 Å². The highest BCUT2D eigenvalue weighted by Gasteiger charge is 2.33. The number of pyridine rings is 1. The monoisotopic (exact) mass is 539 g/mol. The number of hydrogen-bond donors (Lipinski definition) is 1. The van der Waals surface area contributed by atoms with Crippen LogP contribution in [-0.2, 0) is 10.9 Å². The second-order valence-electron chi connectivity index (χ2n) is 8.69. The first-order chi connectivity index (χ1) is 17.2. The van der Waals surface area contributed by atoms with E-state index in [9.17, 15) is 13.2 Å². The average molecular weight is 540 g/mol. The van der Waals surface area contributed by atoms with Crippen LogP contribution in [0.15, 0.2) is 36.5 Å². The van der Waals surface area contributed by atoms with Crippen molar-refractivity contribution in [1.29, 1.82) is 5.26 Å². The third-order valence-electron chi connectivity index (χ3n) is 6.13. The van der Waals surface area contributed by atoms with Crippen LogP contribution in [0.25, 0.3) is 0 Å². The Hall–Kier alpha value is -2.61. The first kappa shape index (κ1) is 28.0. The molecule has 0 atom stereocenters. The number of halogens is 4. The fraction of sp³-hybridized carbons (Fsp3) is 0.480. The number of piperazine rings is 1. The van der Waals surface area contributed by atoms with Crippen LogP contribution in [0, 0.1) is 11.3 Å². The van der Waals surface area contributed by atoms with Crippen molar-refractivity contribution in [1.82, 2.24) is 9.88 Å². The normalized spacial score (nSPS) is 16.6. The Balaban J connectivity index is 0.000000236. The molecular weight excluding hydrogens is 511 g/mol. The summed E-state index contributed by atoms with van der Waals surface area (Å²) in [4.78, 5) is 9.87. The number of aromatic nitrogens is 1. The van der Waals surface area contributed by atoms with Gasteiger partial charge in [0.2, 0.25) is 0 Å². The van der Waals surface area contributed by atoms with Crippen molar-refractivity contribution in [2.45, 2.75) is 44.4 Å². The van der Waals surface area contributed by atoms with Gasteiger partial charge in [0.15, 0.2) is 0 Å². The summed E-state index contributed by atoms with van der Waals surface area (Å²) in [7, 11) is 0. The van der Waals surface area contributed by atoms with E-state index in [0.717, 1.165) is 49.1 Å². The molecule has 0 unspecified atom stereocenters. The van der Waals surface area contributed by atoms with E-state index in [-0.39, 0.29) is 5.69 Å². The van der Waals surface area contributed by atoms with Gasteiger partial charge in [0.25, 0.3) is 0 Å². The number of nitriles is 1. The third-order valence-corrected chi connectivity index (χ3v) is 6.73. The zero-order chi connectivity index (χ0) is 26.1. The van der Waals surface area contributed by atoms with Gasteiger partial charge < -0.3 is 20.3 Å². The maximum Gasteiger partial charge on any atom is 0.417 e. The van der Waals surface area contributed by atoms with Gasteiger partial charge in [-0.2, -0.15) is 18.4 Å². The molecule has 1 aromatic heterocycles. The second-order valence-corrected chi connectivity index (χ2v) is 9.60. The van der Waals surface area contributed by atoms with E-state index in [1.165, 1.54) is 44.2 Å².